The minimum atomic E-state index is -0.255. The Balaban J connectivity index is 1.58. The molecular weight excluding hydrogens is 324 g/mol. The Morgan fingerprint density at radius 1 is 1.36 bits per heavy atom. The monoisotopic (exact) mass is 338 g/mol. The third kappa shape index (κ3) is 2.01. The number of piperazine rings is 1. The first-order valence-corrected chi connectivity index (χ1v) is 8.25. The molecule has 0 aliphatic carbocycles. The molecule has 2 aromatic rings. The molecule has 22 heavy (non-hydrogen) atoms. The summed E-state index contributed by atoms with van der Waals surface area (Å²) in [4.78, 5) is 20.9. The van der Waals surface area contributed by atoms with Crippen LogP contribution in [-0.4, -0.2) is 44.3 Å². The van der Waals surface area contributed by atoms with Crippen molar-refractivity contribution in [2.75, 3.05) is 22.9 Å². The zero-order chi connectivity index (χ0) is 15.4. The van der Waals surface area contributed by atoms with Gasteiger partial charge in [0.2, 0.25) is 5.13 Å². The van der Waals surface area contributed by atoms with Crippen LogP contribution in [0.5, 0.6) is 0 Å². The highest BCUT2D eigenvalue weighted by Gasteiger charge is 2.46. The van der Waals surface area contributed by atoms with E-state index in [4.69, 9.17) is 11.6 Å². The Kier molecular flexibility index (Phi) is 3.12. The van der Waals surface area contributed by atoms with E-state index in [2.05, 4.69) is 24.3 Å². The molecule has 5 heterocycles. The van der Waals surface area contributed by atoms with E-state index in [1.165, 1.54) is 16.2 Å². The molecular formula is C13H15ClN6OS. The normalized spacial score (nSPS) is 23.6. The van der Waals surface area contributed by atoms with Crippen LogP contribution in [0.15, 0.2) is 11.0 Å². The van der Waals surface area contributed by atoms with Crippen LogP contribution in [0.1, 0.15) is 12.2 Å². The highest BCUT2D eigenvalue weighted by atomic mass is 35.5. The van der Waals surface area contributed by atoms with Gasteiger partial charge in [-0.3, -0.25) is 4.79 Å². The molecule has 116 valence electrons. The lowest BCUT2D eigenvalue weighted by atomic mass is 9.88. The van der Waals surface area contributed by atoms with E-state index in [1.807, 2.05) is 6.92 Å². The first-order valence-electron chi connectivity index (χ1n) is 7.10. The Bertz CT molecular complexity index is 777. The number of anilines is 2. The highest BCUT2D eigenvalue weighted by molar-refractivity contribution is 7.09. The van der Waals surface area contributed by atoms with Gasteiger partial charge < -0.3 is 9.80 Å². The summed E-state index contributed by atoms with van der Waals surface area (Å²) in [5.41, 5.74) is 0.475. The van der Waals surface area contributed by atoms with Crippen LogP contribution in [0.25, 0.3) is 0 Å². The molecule has 3 fully saturated rings. The van der Waals surface area contributed by atoms with Crippen molar-refractivity contribution in [3.05, 3.63) is 27.4 Å². The van der Waals surface area contributed by atoms with Crippen molar-refractivity contribution in [3.63, 3.8) is 0 Å². The molecule has 0 aromatic carbocycles. The van der Waals surface area contributed by atoms with E-state index in [-0.39, 0.29) is 10.6 Å². The summed E-state index contributed by atoms with van der Waals surface area (Å²) in [6.07, 6.45) is 2.82. The Morgan fingerprint density at radius 3 is 2.73 bits per heavy atom. The summed E-state index contributed by atoms with van der Waals surface area (Å²) in [6, 6.07) is 0.789. The zero-order valence-corrected chi connectivity index (χ0v) is 13.8. The first-order chi connectivity index (χ1) is 10.5. The second-order valence-corrected chi connectivity index (χ2v) is 6.86. The maximum atomic E-state index is 11.9. The summed E-state index contributed by atoms with van der Waals surface area (Å²) < 4.78 is 5.52. The van der Waals surface area contributed by atoms with Crippen molar-refractivity contribution >= 4 is 34.0 Å². The lowest BCUT2D eigenvalue weighted by Crippen LogP contribution is -2.69. The number of rotatable bonds is 2. The Hall–Kier alpha value is -1.67. The van der Waals surface area contributed by atoms with Crippen molar-refractivity contribution in [3.8, 4) is 0 Å². The van der Waals surface area contributed by atoms with Crippen LogP contribution in [-0.2, 0) is 7.05 Å². The van der Waals surface area contributed by atoms with E-state index < -0.39 is 0 Å². The average molecular weight is 339 g/mol. The standard InChI is InChI=1S/C13H15ClN6OS/c1-7-16-13(22-17-7)20-8-3-9(20)6-19(5-8)10-4-15-18(2)12(21)11(10)14/h4,8-9H,3,5-6H2,1-2H3. The van der Waals surface area contributed by atoms with E-state index in [1.54, 1.807) is 13.2 Å². The van der Waals surface area contributed by atoms with Crippen LogP contribution in [0.4, 0.5) is 10.8 Å². The summed E-state index contributed by atoms with van der Waals surface area (Å²) in [5, 5.41) is 5.32. The van der Waals surface area contributed by atoms with Gasteiger partial charge in [0.25, 0.3) is 5.56 Å². The van der Waals surface area contributed by atoms with Crippen molar-refractivity contribution < 1.29 is 0 Å². The Morgan fingerprint density at radius 2 is 2.09 bits per heavy atom. The number of nitrogens with zero attached hydrogens (tertiary/aromatic N) is 6. The SMILES string of the molecule is Cc1nsc(N2C3CC2CN(c2cnn(C)c(=O)c2Cl)C3)n1. The molecule has 0 radical (unpaired) electrons. The summed E-state index contributed by atoms with van der Waals surface area (Å²) in [7, 11) is 1.60. The largest absolute Gasteiger partial charge is 0.365 e. The van der Waals surface area contributed by atoms with Gasteiger partial charge in [-0.1, -0.05) is 11.6 Å². The molecule has 3 aliphatic rings. The van der Waals surface area contributed by atoms with E-state index in [0.717, 1.165) is 36.2 Å². The molecule has 5 rings (SSSR count). The number of piperidine rings is 1. The topological polar surface area (TPSA) is 67.2 Å². The minimum absolute atomic E-state index is 0.247. The molecule has 2 aromatic heterocycles. The fourth-order valence-electron chi connectivity index (χ4n) is 3.23. The van der Waals surface area contributed by atoms with Crippen LogP contribution in [0.3, 0.4) is 0 Å². The van der Waals surface area contributed by atoms with Gasteiger partial charge in [0, 0.05) is 31.7 Å². The average Bonchev–Trinajstić information content (AvgIpc) is 2.90. The quantitative estimate of drug-likeness (QED) is 0.815. The maximum Gasteiger partial charge on any atom is 0.287 e. The number of hydrogen-bond acceptors (Lipinski definition) is 7. The lowest BCUT2D eigenvalue weighted by Gasteiger charge is -2.56. The van der Waals surface area contributed by atoms with E-state index >= 15 is 0 Å². The van der Waals surface area contributed by atoms with Crippen molar-refractivity contribution in [1.82, 2.24) is 19.1 Å². The Labute approximate surface area is 136 Å². The molecule has 3 aliphatic heterocycles. The maximum absolute atomic E-state index is 11.9. The molecule has 7 nitrogen and oxygen atoms in total. The number of halogens is 1. The number of aryl methyl sites for hydroxylation is 2. The highest BCUT2D eigenvalue weighted by Crippen LogP contribution is 2.39. The predicted octanol–water partition coefficient (Wildman–Crippen LogP) is 1.06. The van der Waals surface area contributed by atoms with Crippen molar-refractivity contribution in [1.29, 1.82) is 0 Å². The summed E-state index contributed by atoms with van der Waals surface area (Å²) in [6.45, 7) is 3.56. The van der Waals surface area contributed by atoms with Gasteiger partial charge in [-0.2, -0.15) is 9.47 Å². The number of fused-ring (bicyclic) bond motifs is 2. The third-order valence-corrected chi connectivity index (χ3v) is 5.51. The van der Waals surface area contributed by atoms with E-state index in [9.17, 15) is 4.79 Å². The van der Waals surface area contributed by atoms with Crippen LogP contribution in [0, 0.1) is 6.92 Å². The van der Waals surface area contributed by atoms with Gasteiger partial charge in [-0.15, -0.1) is 0 Å². The van der Waals surface area contributed by atoms with Gasteiger partial charge in [0.1, 0.15) is 10.8 Å². The minimum Gasteiger partial charge on any atom is -0.365 e. The van der Waals surface area contributed by atoms with Crippen LogP contribution >= 0.6 is 23.1 Å². The van der Waals surface area contributed by atoms with E-state index in [0.29, 0.717) is 12.1 Å². The number of aromatic nitrogens is 4. The molecule has 0 saturated carbocycles. The molecule has 0 spiro atoms. The second kappa shape index (κ2) is 4.92. The number of hydrogen-bond donors (Lipinski definition) is 0. The molecule has 0 N–H and O–H groups in total. The van der Waals surface area contributed by atoms with Crippen LogP contribution < -0.4 is 15.4 Å². The van der Waals surface area contributed by atoms with Gasteiger partial charge in [-0.25, -0.2) is 9.67 Å². The molecule has 2 bridgehead atoms. The predicted molar refractivity (Wildman–Crippen MR) is 86.0 cm³/mol. The summed E-state index contributed by atoms with van der Waals surface area (Å²) in [5.74, 6) is 0.820. The van der Waals surface area contributed by atoms with Gasteiger partial charge in [0.05, 0.1) is 24.0 Å². The second-order valence-electron chi connectivity index (χ2n) is 5.75. The van der Waals surface area contributed by atoms with Gasteiger partial charge in [-0.05, 0) is 13.3 Å². The third-order valence-electron chi connectivity index (χ3n) is 4.33. The van der Waals surface area contributed by atoms with Crippen LogP contribution in [0.2, 0.25) is 5.02 Å². The molecule has 2 atom stereocenters. The molecule has 9 heteroatoms. The fraction of sp³-hybridized carbons (Fsp3) is 0.538. The van der Waals surface area contributed by atoms with Crippen molar-refractivity contribution in [2.45, 2.75) is 25.4 Å². The molecule has 3 saturated heterocycles. The summed E-state index contributed by atoms with van der Waals surface area (Å²) >= 11 is 7.65. The zero-order valence-electron chi connectivity index (χ0n) is 12.2. The fourth-order valence-corrected chi connectivity index (χ4v) is 4.34. The smallest absolute Gasteiger partial charge is 0.287 e. The van der Waals surface area contributed by atoms with Gasteiger partial charge in [0.15, 0.2) is 0 Å². The lowest BCUT2D eigenvalue weighted by molar-refractivity contribution is 0.291. The van der Waals surface area contributed by atoms with Gasteiger partial charge >= 0.3 is 0 Å². The van der Waals surface area contributed by atoms with Crippen molar-refractivity contribution in [2.24, 2.45) is 7.05 Å². The molecule has 0 amide bonds. The molecule has 2 unspecified atom stereocenters. The first kappa shape index (κ1) is 14.0.